The van der Waals surface area contributed by atoms with Gasteiger partial charge in [0.25, 0.3) is 5.91 Å². The van der Waals surface area contributed by atoms with Crippen LogP contribution in [-0.2, 0) is 4.79 Å². The second kappa shape index (κ2) is 6.73. The van der Waals surface area contributed by atoms with Crippen LogP contribution in [-0.4, -0.2) is 10.9 Å². The lowest BCUT2D eigenvalue weighted by Crippen LogP contribution is -2.23. The summed E-state index contributed by atoms with van der Waals surface area (Å²) in [6, 6.07) is 13.5. The minimum Gasteiger partial charge on any atom is -0.464 e. The van der Waals surface area contributed by atoms with E-state index in [1.165, 1.54) is 12.8 Å². The number of aromatic nitrogens is 1. The average Bonchev–Trinajstić information content (AvgIpc) is 3.25. The van der Waals surface area contributed by atoms with Crippen LogP contribution in [0.15, 0.2) is 65.4 Å². The van der Waals surface area contributed by atoms with Crippen molar-refractivity contribution in [1.29, 1.82) is 0 Å². The lowest BCUT2D eigenvalue weighted by molar-refractivity contribution is -0.111. The number of fused-ring (bicyclic) bond motifs is 1. The molecule has 1 saturated carbocycles. The van der Waals surface area contributed by atoms with Crippen molar-refractivity contribution in [1.82, 2.24) is 4.98 Å². The third-order valence-corrected chi connectivity index (χ3v) is 6.42. The van der Waals surface area contributed by atoms with E-state index in [0.717, 1.165) is 45.8 Å². The Morgan fingerprint density at radius 1 is 1.17 bits per heavy atom. The number of carbonyl (C=O) groups is 1. The number of benzene rings is 1. The minimum atomic E-state index is -0.0764. The van der Waals surface area contributed by atoms with Gasteiger partial charge in [-0.25, -0.2) is 0 Å². The van der Waals surface area contributed by atoms with E-state index in [4.69, 9.17) is 9.40 Å². The number of amides is 1. The topological polar surface area (TPSA) is 55.1 Å². The summed E-state index contributed by atoms with van der Waals surface area (Å²) >= 11 is 0. The van der Waals surface area contributed by atoms with Crippen LogP contribution in [0.5, 0.6) is 0 Å². The first-order valence-electron chi connectivity index (χ1n) is 10.2. The molecule has 146 valence electrons. The van der Waals surface area contributed by atoms with Crippen LogP contribution in [0.1, 0.15) is 48.9 Å². The lowest BCUT2D eigenvalue weighted by atomic mass is 9.76. The minimum absolute atomic E-state index is 0.0764. The maximum absolute atomic E-state index is 13.1. The van der Waals surface area contributed by atoms with E-state index in [0.29, 0.717) is 11.3 Å². The van der Waals surface area contributed by atoms with Gasteiger partial charge in [-0.15, -0.1) is 0 Å². The summed E-state index contributed by atoms with van der Waals surface area (Å²) in [5.41, 5.74) is 6.03. The first-order valence-corrected chi connectivity index (χ1v) is 10.2. The number of aryl methyl sites for hydroxylation is 1. The van der Waals surface area contributed by atoms with Gasteiger partial charge >= 0.3 is 0 Å². The molecule has 4 heteroatoms. The fraction of sp³-hybridized carbons (Fsp3) is 0.280. The van der Waals surface area contributed by atoms with Crippen LogP contribution < -0.4 is 5.32 Å². The van der Waals surface area contributed by atoms with Gasteiger partial charge in [-0.05, 0) is 79.6 Å². The Bertz CT molecular complexity index is 1090. The summed E-state index contributed by atoms with van der Waals surface area (Å²) in [4.78, 5) is 17.9. The highest BCUT2D eigenvalue weighted by atomic mass is 16.3. The molecule has 1 atom stereocenters. The smallest absolute Gasteiger partial charge is 0.256 e. The van der Waals surface area contributed by atoms with E-state index in [1.807, 2.05) is 48.7 Å². The third kappa shape index (κ3) is 3.19. The number of carbonyl (C=O) groups excluding carboxylic acids is 1. The van der Waals surface area contributed by atoms with Crippen molar-refractivity contribution in [2.45, 2.75) is 39.0 Å². The number of nitrogens with one attached hydrogen (secondary N) is 1. The van der Waals surface area contributed by atoms with Gasteiger partial charge in [0.1, 0.15) is 5.76 Å². The summed E-state index contributed by atoms with van der Waals surface area (Å²) < 4.78 is 5.43. The Morgan fingerprint density at radius 2 is 1.97 bits per heavy atom. The van der Waals surface area contributed by atoms with Gasteiger partial charge in [0, 0.05) is 34.5 Å². The lowest BCUT2D eigenvalue weighted by Gasteiger charge is -2.29. The number of pyridine rings is 1. The molecule has 1 unspecified atom stereocenters. The van der Waals surface area contributed by atoms with Gasteiger partial charge in [-0.1, -0.05) is 13.0 Å². The molecular weight excluding hydrogens is 360 g/mol. The quantitative estimate of drug-likeness (QED) is 0.604. The molecule has 0 bridgehead atoms. The van der Waals surface area contributed by atoms with E-state index in [2.05, 4.69) is 25.2 Å². The molecule has 0 aliphatic heterocycles. The molecule has 1 amide bonds. The van der Waals surface area contributed by atoms with Gasteiger partial charge < -0.3 is 9.73 Å². The number of furan rings is 1. The van der Waals surface area contributed by atoms with E-state index in [9.17, 15) is 4.79 Å². The Hall–Kier alpha value is -3.14. The zero-order chi connectivity index (χ0) is 20.0. The second-order valence-electron chi connectivity index (χ2n) is 8.46. The van der Waals surface area contributed by atoms with Gasteiger partial charge in [0.15, 0.2) is 0 Å². The first kappa shape index (κ1) is 17.9. The maximum atomic E-state index is 13.1. The molecule has 2 aliphatic carbocycles. The number of hydrogen-bond donors (Lipinski definition) is 1. The molecule has 1 aromatic carbocycles. The third-order valence-electron chi connectivity index (χ3n) is 6.42. The van der Waals surface area contributed by atoms with Crippen molar-refractivity contribution in [2.24, 2.45) is 5.41 Å². The predicted octanol–water partition coefficient (Wildman–Crippen LogP) is 5.96. The molecular formula is C25H24N2O2. The molecule has 29 heavy (non-hydrogen) atoms. The highest BCUT2D eigenvalue weighted by Gasteiger charge is 2.47. The van der Waals surface area contributed by atoms with Gasteiger partial charge in [0.2, 0.25) is 0 Å². The van der Waals surface area contributed by atoms with Crippen molar-refractivity contribution < 1.29 is 9.21 Å². The van der Waals surface area contributed by atoms with Crippen molar-refractivity contribution in [3.05, 3.63) is 77.8 Å². The maximum Gasteiger partial charge on any atom is 0.256 e. The van der Waals surface area contributed by atoms with Gasteiger partial charge in [0.05, 0.1) is 12.0 Å². The molecule has 1 N–H and O–H groups in total. The second-order valence-corrected chi connectivity index (χ2v) is 8.46. The highest BCUT2D eigenvalue weighted by Crippen LogP contribution is 2.59. The van der Waals surface area contributed by atoms with Crippen molar-refractivity contribution in [3.8, 4) is 11.3 Å². The van der Waals surface area contributed by atoms with Gasteiger partial charge in [-0.3, -0.25) is 9.78 Å². The number of rotatable bonds is 4. The molecule has 0 saturated heterocycles. The molecule has 1 fully saturated rings. The molecule has 0 radical (unpaired) electrons. The monoisotopic (exact) mass is 384 g/mol. The van der Waals surface area contributed by atoms with E-state index in [-0.39, 0.29) is 5.91 Å². The standard InChI is InChI=1S/C25H24N2O2/c1-16-11-14-26-23-20(25(2)12-13-25)10-9-19(22(16)23)24(28)27-18-7-5-17(6-8-18)21-4-3-15-29-21/h3-9,11,14-15,20H,10,12-13H2,1-2H3,(H,27,28). The number of allylic oxidation sites excluding steroid dienone is 1. The molecule has 2 aromatic heterocycles. The summed E-state index contributed by atoms with van der Waals surface area (Å²) in [5, 5.41) is 3.06. The first-order chi connectivity index (χ1) is 14.0. The Balaban J connectivity index is 1.41. The normalized spacial score (nSPS) is 19.2. The number of nitrogens with zero attached hydrogens (tertiary/aromatic N) is 1. The number of hydrogen-bond acceptors (Lipinski definition) is 3. The van der Waals surface area contributed by atoms with Crippen LogP contribution in [0.4, 0.5) is 5.69 Å². The summed E-state index contributed by atoms with van der Waals surface area (Å²) in [7, 11) is 0. The molecule has 2 aliphatic rings. The van der Waals surface area contributed by atoms with Crippen LogP contribution in [0, 0.1) is 12.3 Å². The molecule has 3 aromatic rings. The SMILES string of the molecule is Cc1ccnc2c1C(C(=O)Nc1ccc(-c3ccco3)cc1)=CCC2C1(C)CC1. The van der Waals surface area contributed by atoms with Crippen LogP contribution in [0.25, 0.3) is 16.9 Å². The van der Waals surface area contributed by atoms with E-state index < -0.39 is 0 Å². The highest BCUT2D eigenvalue weighted by molar-refractivity contribution is 6.26. The molecule has 0 spiro atoms. The zero-order valence-electron chi connectivity index (χ0n) is 16.7. The largest absolute Gasteiger partial charge is 0.464 e. The van der Waals surface area contributed by atoms with Crippen LogP contribution in [0.3, 0.4) is 0 Å². The van der Waals surface area contributed by atoms with Crippen LogP contribution >= 0.6 is 0 Å². The fourth-order valence-electron chi connectivity index (χ4n) is 4.37. The Labute approximate surface area is 170 Å². The van der Waals surface area contributed by atoms with Crippen molar-refractivity contribution in [2.75, 3.05) is 5.32 Å². The van der Waals surface area contributed by atoms with E-state index in [1.54, 1.807) is 6.26 Å². The molecule has 4 nitrogen and oxygen atoms in total. The average molecular weight is 384 g/mol. The predicted molar refractivity (Wildman–Crippen MR) is 114 cm³/mol. The van der Waals surface area contributed by atoms with E-state index >= 15 is 0 Å². The summed E-state index contributed by atoms with van der Waals surface area (Å²) in [5.74, 6) is 1.14. The fourth-order valence-corrected chi connectivity index (χ4v) is 4.37. The Morgan fingerprint density at radius 3 is 2.66 bits per heavy atom. The van der Waals surface area contributed by atoms with Gasteiger partial charge in [-0.2, -0.15) is 0 Å². The summed E-state index contributed by atoms with van der Waals surface area (Å²) in [6.07, 6.45) is 9.00. The Kier molecular flexibility index (Phi) is 4.16. The molecule has 2 heterocycles. The zero-order valence-corrected chi connectivity index (χ0v) is 16.7. The molecule has 5 rings (SSSR count). The van der Waals surface area contributed by atoms with Crippen molar-refractivity contribution in [3.63, 3.8) is 0 Å². The summed E-state index contributed by atoms with van der Waals surface area (Å²) in [6.45, 7) is 4.41. The van der Waals surface area contributed by atoms with Crippen molar-refractivity contribution >= 4 is 17.2 Å². The number of anilines is 1. The van der Waals surface area contributed by atoms with Crippen LogP contribution in [0.2, 0.25) is 0 Å².